The van der Waals surface area contributed by atoms with Crippen LogP contribution in [0.3, 0.4) is 0 Å². The molecule has 0 aliphatic carbocycles. The van der Waals surface area contributed by atoms with Gasteiger partial charge in [-0.2, -0.15) is 5.26 Å². The Kier molecular flexibility index (Phi) is 3.98. The number of carbonyl (C=O) groups excluding carboxylic acids is 1. The molecule has 1 fully saturated rings. The minimum absolute atomic E-state index is 0.0122. The summed E-state index contributed by atoms with van der Waals surface area (Å²) in [6.45, 7) is 4.98. The first-order valence-electron chi connectivity index (χ1n) is 7.46. The van der Waals surface area contributed by atoms with Crippen LogP contribution in [0.2, 0.25) is 0 Å². The maximum atomic E-state index is 12.5. The summed E-state index contributed by atoms with van der Waals surface area (Å²) in [7, 11) is 0. The Hall–Kier alpha value is -2.87. The van der Waals surface area contributed by atoms with E-state index in [4.69, 9.17) is 10.00 Å². The Bertz CT molecular complexity index is 769. The molecule has 1 aromatic heterocycles. The molecule has 0 spiro atoms. The molecule has 1 aliphatic heterocycles. The van der Waals surface area contributed by atoms with E-state index in [1.165, 1.54) is 0 Å². The number of hydrogen-bond acceptors (Lipinski definition) is 4. The van der Waals surface area contributed by atoms with Crippen LogP contribution in [-0.2, 0) is 0 Å². The Labute approximate surface area is 135 Å². The van der Waals surface area contributed by atoms with E-state index in [9.17, 15) is 4.79 Å². The monoisotopic (exact) mass is 307 g/mol. The third-order valence-electron chi connectivity index (χ3n) is 3.77. The minimum Gasteiger partial charge on any atom is -0.470 e. The molecule has 0 unspecified atom stereocenters. The number of amides is 1. The maximum Gasteiger partial charge on any atom is 0.254 e. The van der Waals surface area contributed by atoms with E-state index in [0.29, 0.717) is 30.1 Å². The highest BCUT2D eigenvalue weighted by atomic mass is 16.5. The summed E-state index contributed by atoms with van der Waals surface area (Å²) in [4.78, 5) is 18.3. The molecule has 1 amide bonds. The van der Waals surface area contributed by atoms with Crippen LogP contribution < -0.4 is 4.74 Å². The van der Waals surface area contributed by atoms with Crippen LogP contribution in [0, 0.1) is 25.2 Å². The summed E-state index contributed by atoms with van der Waals surface area (Å²) in [6, 6.07) is 11.3. The predicted octanol–water partition coefficient (Wildman–Crippen LogP) is 2.47. The lowest BCUT2D eigenvalue weighted by atomic mass is 10.0. The second-order valence-corrected chi connectivity index (χ2v) is 5.79. The Balaban J connectivity index is 1.63. The molecule has 0 saturated carbocycles. The molecule has 1 aromatic carbocycles. The van der Waals surface area contributed by atoms with Gasteiger partial charge in [-0.1, -0.05) is 17.2 Å². The number of carbonyl (C=O) groups is 1. The van der Waals surface area contributed by atoms with Gasteiger partial charge in [-0.05, 0) is 38.1 Å². The van der Waals surface area contributed by atoms with Crippen LogP contribution in [0.4, 0.5) is 0 Å². The zero-order valence-electron chi connectivity index (χ0n) is 13.1. The van der Waals surface area contributed by atoms with Gasteiger partial charge in [-0.3, -0.25) is 4.79 Å². The third kappa shape index (κ3) is 3.16. The van der Waals surface area contributed by atoms with Crippen LogP contribution in [0.15, 0.2) is 36.5 Å². The lowest BCUT2D eigenvalue weighted by Gasteiger charge is -2.38. The van der Waals surface area contributed by atoms with Crippen LogP contribution in [0.5, 0.6) is 5.88 Å². The van der Waals surface area contributed by atoms with Crippen molar-refractivity contribution in [2.45, 2.75) is 20.0 Å². The van der Waals surface area contributed by atoms with Crippen LogP contribution in [-0.4, -0.2) is 35.0 Å². The lowest BCUT2D eigenvalue weighted by Crippen LogP contribution is -2.56. The van der Waals surface area contributed by atoms with Crippen molar-refractivity contribution >= 4 is 5.91 Å². The number of aryl methyl sites for hydroxylation is 2. The number of benzene rings is 1. The van der Waals surface area contributed by atoms with Gasteiger partial charge < -0.3 is 9.64 Å². The number of nitriles is 1. The van der Waals surface area contributed by atoms with E-state index in [1.807, 2.05) is 32.0 Å². The van der Waals surface area contributed by atoms with E-state index in [1.54, 1.807) is 23.2 Å². The van der Waals surface area contributed by atoms with Gasteiger partial charge >= 0.3 is 0 Å². The first-order valence-corrected chi connectivity index (χ1v) is 7.46. The number of hydrogen-bond donors (Lipinski definition) is 0. The van der Waals surface area contributed by atoms with Gasteiger partial charge in [-0.15, -0.1) is 0 Å². The van der Waals surface area contributed by atoms with Crippen molar-refractivity contribution < 1.29 is 9.53 Å². The van der Waals surface area contributed by atoms with Gasteiger partial charge in [0, 0.05) is 11.8 Å². The largest absolute Gasteiger partial charge is 0.470 e. The van der Waals surface area contributed by atoms with E-state index >= 15 is 0 Å². The molecule has 1 saturated heterocycles. The number of ether oxygens (including phenoxy) is 1. The summed E-state index contributed by atoms with van der Waals surface area (Å²) in [5.74, 6) is 0.344. The molecule has 2 aromatic rings. The highest BCUT2D eigenvalue weighted by Crippen LogP contribution is 2.21. The van der Waals surface area contributed by atoms with Crippen LogP contribution >= 0.6 is 0 Å². The number of pyridine rings is 1. The summed E-state index contributed by atoms with van der Waals surface area (Å²) < 4.78 is 5.71. The quantitative estimate of drug-likeness (QED) is 0.873. The SMILES string of the molecule is Cc1cc(C)cc(C(=O)N2CC(Oc3ncccc3C#N)C2)c1. The fourth-order valence-electron chi connectivity index (χ4n) is 2.69. The molecule has 2 heterocycles. The predicted molar refractivity (Wildman–Crippen MR) is 85.2 cm³/mol. The van der Waals surface area contributed by atoms with Gasteiger partial charge in [0.05, 0.1) is 13.1 Å². The molecule has 116 valence electrons. The highest BCUT2D eigenvalue weighted by Gasteiger charge is 2.33. The average Bonchev–Trinajstić information content (AvgIpc) is 2.49. The van der Waals surface area contributed by atoms with E-state index in [2.05, 4.69) is 11.1 Å². The molecule has 0 N–H and O–H groups in total. The van der Waals surface area contributed by atoms with Gasteiger partial charge in [0.15, 0.2) is 0 Å². The fourth-order valence-corrected chi connectivity index (χ4v) is 2.69. The van der Waals surface area contributed by atoms with Crippen molar-refractivity contribution in [3.63, 3.8) is 0 Å². The molecule has 0 bridgehead atoms. The first kappa shape index (κ1) is 15.0. The number of rotatable bonds is 3. The average molecular weight is 307 g/mol. The van der Waals surface area contributed by atoms with Gasteiger partial charge in [-0.25, -0.2) is 4.98 Å². The van der Waals surface area contributed by atoms with E-state index < -0.39 is 0 Å². The Morgan fingerprint density at radius 3 is 2.65 bits per heavy atom. The molecule has 5 nitrogen and oxygen atoms in total. The molecular formula is C18H17N3O2. The molecule has 1 aliphatic rings. The van der Waals surface area contributed by atoms with Crippen molar-refractivity contribution in [1.29, 1.82) is 5.26 Å². The van der Waals surface area contributed by atoms with Gasteiger partial charge in [0.2, 0.25) is 5.88 Å². The molecule has 3 rings (SSSR count). The van der Waals surface area contributed by atoms with Gasteiger partial charge in [0.25, 0.3) is 5.91 Å². The first-order chi connectivity index (χ1) is 11.1. The third-order valence-corrected chi connectivity index (χ3v) is 3.77. The summed E-state index contributed by atoms with van der Waals surface area (Å²) in [5, 5.41) is 9.03. The zero-order valence-corrected chi connectivity index (χ0v) is 13.1. The standard InChI is InChI=1S/C18H17N3O2/c1-12-6-13(2)8-15(7-12)18(22)21-10-16(11-21)23-17-14(9-19)4-3-5-20-17/h3-8,16H,10-11H2,1-2H3. The number of likely N-dealkylation sites (tertiary alicyclic amines) is 1. The maximum absolute atomic E-state index is 12.5. The topological polar surface area (TPSA) is 66.2 Å². The van der Waals surface area contributed by atoms with Crippen molar-refractivity contribution in [3.05, 3.63) is 58.8 Å². The fraction of sp³-hybridized carbons (Fsp3) is 0.278. The van der Waals surface area contributed by atoms with Crippen LogP contribution in [0.1, 0.15) is 27.0 Å². The second kappa shape index (κ2) is 6.09. The Morgan fingerprint density at radius 2 is 2.00 bits per heavy atom. The van der Waals surface area contributed by atoms with E-state index in [0.717, 1.165) is 11.1 Å². The second-order valence-electron chi connectivity index (χ2n) is 5.79. The summed E-state index contributed by atoms with van der Waals surface area (Å²) in [6.07, 6.45) is 1.47. The van der Waals surface area contributed by atoms with Crippen molar-refractivity contribution in [2.24, 2.45) is 0 Å². The van der Waals surface area contributed by atoms with Crippen molar-refractivity contribution in [2.75, 3.05) is 13.1 Å². The minimum atomic E-state index is -0.119. The lowest BCUT2D eigenvalue weighted by molar-refractivity contribution is 0.0159. The smallest absolute Gasteiger partial charge is 0.254 e. The molecule has 0 radical (unpaired) electrons. The van der Waals surface area contributed by atoms with Crippen molar-refractivity contribution in [1.82, 2.24) is 9.88 Å². The van der Waals surface area contributed by atoms with Gasteiger partial charge in [0.1, 0.15) is 17.7 Å². The van der Waals surface area contributed by atoms with E-state index in [-0.39, 0.29) is 12.0 Å². The van der Waals surface area contributed by atoms with Crippen LogP contribution in [0.25, 0.3) is 0 Å². The molecule has 5 heteroatoms. The van der Waals surface area contributed by atoms with Crippen molar-refractivity contribution in [3.8, 4) is 11.9 Å². The number of aromatic nitrogens is 1. The molecule has 23 heavy (non-hydrogen) atoms. The highest BCUT2D eigenvalue weighted by molar-refractivity contribution is 5.95. The number of nitrogens with zero attached hydrogens (tertiary/aromatic N) is 3. The Morgan fingerprint density at radius 1 is 1.30 bits per heavy atom. The molecule has 0 atom stereocenters. The molecular weight excluding hydrogens is 290 g/mol. The summed E-state index contributed by atoms with van der Waals surface area (Å²) >= 11 is 0. The summed E-state index contributed by atoms with van der Waals surface area (Å²) in [5.41, 5.74) is 3.27. The normalized spacial score (nSPS) is 14.0. The zero-order chi connectivity index (χ0) is 16.4.